The van der Waals surface area contributed by atoms with E-state index in [0.717, 1.165) is 48.8 Å². The third-order valence-electron chi connectivity index (χ3n) is 5.76. The average Bonchev–Trinajstić information content (AvgIpc) is 3.65. The fraction of sp³-hybridized carbons (Fsp3) is 0.200. The molecule has 9 heteroatoms. The van der Waals surface area contributed by atoms with Gasteiger partial charge in [-0.25, -0.2) is 15.0 Å². The molecule has 1 saturated heterocycles. The summed E-state index contributed by atoms with van der Waals surface area (Å²) < 4.78 is 0. The van der Waals surface area contributed by atoms with Crippen LogP contribution < -0.4 is 10.3 Å². The lowest BCUT2D eigenvalue weighted by atomic mass is 10.1. The van der Waals surface area contributed by atoms with Gasteiger partial charge in [0.15, 0.2) is 10.9 Å². The van der Waals surface area contributed by atoms with Crippen molar-refractivity contribution in [2.45, 2.75) is 19.3 Å². The largest absolute Gasteiger partial charge is 0.348 e. The minimum absolute atomic E-state index is 0.707. The topological polar surface area (TPSA) is 66.3 Å². The van der Waals surface area contributed by atoms with Gasteiger partial charge in [-0.3, -0.25) is 5.43 Å². The Morgan fingerprint density at radius 1 is 0.941 bits per heavy atom. The summed E-state index contributed by atoms with van der Waals surface area (Å²) in [6, 6.07) is 16.7. The average molecular weight is 503 g/mol. The lowest BCUT2D eigenvalue weighted by molar-refractivity contribution is 0.577. The molecule has 1 aliphatic rings. The minimum Gasteiger partial charge on any atom is -0.348 e. The zero-order chi connectivity index (χ0) is 22.7. The Bertz CT molecular complexity index is 1420. The summed E-state index contributed by atoms with van der Waals surface area (Å²) in [4.78, 5) is 20.6. The van der Waals surface area contributed by atoms with Crippen molar-refractivity contribution in [3.63, 3.8) is 0 Å². The van der Waals surface area contributed by atoms with Crippen LogP contribution in [0.4, 0.5) is 10.9 Å². The summed E-state index contributed by atoms with van der Waals surface area (Å²) in [5, 5.41) is 8.71. The Balaban J connectivity index is 1.29. The molecule has 1 N–H and O–H groups in total. The number of hydrazone groups is 1. The molecule has 6 rings (SSSR count). The molecule has 0 unspecified atom stereocenters. The molecular formula is C25H22N6S3. The molecule has 0 atom stereocenters. The van der Waals surface area contributed by atoms with E-state index >= 15 is 0 Å². The van der Waals surface area contributed by atoms with Crippen LogP contribution in [0.1, 0.15) is 24.1 Å². The predicted molar refractivity (Wildman–Crippen MR) is 146 cm³/mol. The summed E-state index contributed by atoms with van der Waals surface area (Å²) in [6.07, 6.45) is 7.23. The Morgan fingerprint density at radius 2 is 1.82 bits per heavy atom. The number of anilines is 2. The summed E-state index contributed by atoms with van der Waals surface area (Å²) in [5.74, 6) is 0.707. The van der Waals surface area contributed by atoms with E-state index in [-0.39, 0.29) is 0 Å². The van der Waals surface area contributed by atoms with Gasteiger partial charge in [0.1, 0.15) is 16.9 Å². The molecule has 0 bridgehead atoms. The van der Waals surface area contributed by atoms with Gasteiger partial charge >= 0.3 is 0 Å². The first-order chi connectivity index (χ1) is 16.8. The minimum atomic E-state index is 0.707. The van der Waals surface area contributed by atoms with Crippen LogP contribution in [0.5, 0.6) is 0 Å². The maximum absolute atomic E-state index is 5.00. The fourth-order valence-electron chi connectivity index (χ4n) is 4.06. The van der Waals surface area contributed by atoms with Crippen LogP contribution in [0.15, 0.2) is 65.3 Å². The summed E-state index contributed by atoms with van der Waals surface area (Å²) >= 11 is 5.07. The van der Waals surface area contributed by atoms with Gasteiger partial charge in [-0.1, -0.05) is 47.7 Å². The van der Waals surface area contributed by atoms with Crippen molar-refractivity contribution in [1.82, 2.24) is 15.0 Å². The lowest BCUT2D eigenvalue weighted by Crippen LogP contribution is -2.29. The third-order valence-corrected chi connectivity index (χ3v) is 8.78. The first-order valence-corrected chi connectivity index (χ1v) is 13.7. The van der Waals surface area contributed by atoms with E-state index in [2.05, 4.69) is 61.1 Å². The fourth-order valence-corrected chi connectivity index (χ4v) is 6.86. The summed E-state index contributed by atoms with van der Waals surface area (Å²) in [5.41, 5.74) is 5.33. The Morgan fingerprint density at radius 3 is 2.65 bits per heavy atom. The van der Waals surface area contributed by atoms with E-state index in [9.17, 15) is 0 Å². The zero-order valence-corrected chi connectivity index (χ0v) is 20.8. The van der Waals surface area contributed by atoms with Crippen LogP contribution in [0.25, 0.3) is 31.2 Å². The maximum Gasteiger partial charge on any atom is 0.186 e. The van der Waals surface area contributed by atoms with Crippen LogP contribution in [0.3, 0.4) is 0 Å². The number of nitrogens with one attached hydrogen (secondary N) is 1. The molecule has 0 saturated carbocycles. The van der Waals surface area contributed by atoms with Gasteiger partial charge in [0, 0.05) is 18.0 Å². The van der Waals surface area contributed by atoms with Crippen molar-refractivity contribution < 1.29 is 0 Å². The highest BCUT2D eigenvalue weighted by Gasteiger charge is 2.19. The van der Waals surface area contributed by atoms with Gasteiger partial charge in [-0.2, -0.15) is 5.10 Å². The predicted octanol–water partition coefficient (Wildman–Crippen LogP) is 6.98. The van der Waals surface area contributed by atoms with Gasteiger partial charge < -0.3 is 4.90 Å². The van der Waals surface area contributed by atoms with Crippen LogP contribution in [-0.4, -0.2) is 34.3 Å². The van der Waals surface area contributed by atoms with Crippen molar-refractivity contribution in [1.29, 1.82) is 0 Å². The smallest absolute Gasteiger partial charge is 0.186 e. The van der Waals surface area contributed by atoms with E-state index < -0.39 is 0 Å². The summed E-state index contributed by atoms with van der Waals surface area (Å²) in [6.45, 7) is 2.15. The molecule has 4 aromatic heterocycles. The quantitative estimate of drug-likeness (QED) is 0.200. The van der Waals surface area contributed by atoms with E-state index in [1.54, 1.807) is 40.3 Å². The van der Waals surface area contributed by atoms with Gasteiger partial charge in [0.25, 0.3) is 0 Å². The molecular weight excluding hydrogens is 481 g/mol. The first-order valence-electron chi connectivity index (χ1n) is 11.2. The number of fused-ring (bicyclic) bond motifs is 1. The molecule has 0 amide bonds. The van der Waals surface area contributed by atoms with Gasteiger partial charge in [0.2, 0.25) is 0 Å². The molecule has 170 valence electrons. The number of thiophene rings is 2. The van der Waals surface area contributed by atoms with Crippen molar-refractivity contribution >= 4 is 61.4 Å². The Hall–Kier alpha value is -3.14. The number of thiazole rings is 1. The maximum atomic E-state index is 5.00. The molecule has 1 aromatic carbocycles. The summed E-state index contributed by atoms with van der Waals surface area (Å²) in [7, 11) is 0. The first kappa shape index (κ1) is 21.4. The third kappa shape index (κ3) is 4.34. The number of piperidine rings is 1. The van der Waals surface area contributed by atoms with Crippen molar-refractivity contribution in [3.8, 4) is 21.0 Å². The Labute approximate surface area is 209 Å². The second kappa shape index (κ2) is 9.61. The van der Waals surface area contributed by atoms with E-state index in [0.29, 0.717) is 5.82 Å². The van der Waals surface area contributed by atoms with Crippen LogP contribution >= 0.6 is 34.0 Å². The molecule has 0 radical (unpaired) electrons. The highest BCUT2D eigenvalue weighted by molar-refractivity contribution is 7.22. The van der Waals surface area contributed by atoms with Gasteiger partial charge in [-0.05, 0) is 42.3 Å². The molecule has 0 spiro atoms. The van der Waals surface area contributed by atoms with Gasteiger partial charge in [0.05, 0.1) is 21.4 Å². The Kier molecular flexibility index (Phi) is 6.05. The van der Waals surface area contributed by atoms with Crippen molar-refractivity contribution in [2.24, 2.45) is 5.10 Å². The van der Waals surface area contributed by atoms with E-state index in [1.165, 1.54) is 24.8 Å². The van der Waals surface area contributed by atoms with Gasteiger partial charge in [-0.15, -0.1) is 22.7 Å². The normalized spacial score (nSPS) is 14.3. The van der Waals surface area contributed by atoms with Crippen molar-refractivity contribution in [2.75, 3.05) is 23.4 Å². The van der Waals surface area contributed by atoms with Crippen molar-refractivity contribution in [3.05, 3.63) is 65.1 Å². The lowest BCUT2D eigenvalue weighted by Gasteiger charge is -2.25. The van der Waals surface area contributed by atoms with Crippen LogP contribution in [-0.2, 0) is 0 Å². The molecule has 1 aliphatic heterocycles. The monoisotopic (exact) mass is 502 g/mol. The number of hydrogen-bond acceptors (Lipinski definition) is 9. The molecule has 5 aromatic rings. The number of nitrogens with zero attached hydrogens (tertiary/aromatic N) is 5. The number of benzene rings is 1. The molecule has 6 nitrogen and oxygen atoms in total. The standard InChI is InChI=1S/C25H22N6S3/c1-3-8-17(9-4-1)20-14-18-23(26-16-27-24(18)33-20)30-28-15-21-22(19-10-7-13-32-19)29-25(34-21)31-11-5-2-6-12-31/h1,3-4,7-10,13-16H,2,5-6,11-12H2,(H,26,27,30). The molecule has 0 aliphatic carbocycles. The molecule has 1 fully saturated rings. The highest BCUT2D eigenvalue weighted by atomic mass is 32.1. The number of aromatic nitrogens is 3. The number of rotatable bonds is 6. The molecule has 5 heterocycles. The zero-order valence-electron chi connectivity index (χ0n) is 18.3. The van der Waals surface area contributed by atoms with Crippen LogP contribution in [0, 0.1) is 0 Å². The SMILES string of the molecule is C(=NNc1ncnc2sc(-c3ccccc3)cc12)c1sc(N2CCCCC2)nc1-c1cccs1. The van der Waals surface area contributed by atoms with Crippen LogP contribution in [0.2, 0.25) is 0 Å². The van der Waals surface area contributed by atoms with E-state index in [1.807, 2.05) is 24.4 Å². The second-order valence-corrected chi connectivity index (χ2v) is 11.0. The second-order valence-electron chi connectivity index (χ2n) is 8.02. The van der Waals surface area contributed by atoms with E-state index in [4.69, 9.17) is 4.98 Å². The molecule has 34 heavy (non-hydrogen) atoms. The number of hydrogen-bond donors (Lipinski definition) is 1. The highest BCUT2D eigenvalue weighted by Crippen LogP contribution is 2.36.